The number of aliphatic carboxylic acids is 1. The molecule has 3 saturated heterocycles. The highest BCUT2D eigenvalue weighted by Crippen LogP contribution is 2.53. The molecule has 127 heavy (non-hydrogen) atoms. The van der Waals surface area contributed by atoms with E-state index in [1.165, 1.54) is 76.0 Å². The zero-order valence-electron chi connectivity index (χ0n) is 69.1. The van der Waals surface area contributed by atoms with Crippen LogP contribution in [0.15, 0.2) is 159 Å². The number of fused-ring (bicyclic) bond motifs is 3. The molecule has 9 heterocycles. The molecule has 0 radical (unpaired) electrons. The summed E-state index contributed by atoms with van der Waals surface area (Å²) in [5.74, 6) is -7.87. The molecule has 0 bridgehead atoms. The molecule has 6 atom stereocenters. The van der Waals surface area contributed by atoms with Gasteiger partial charge < -0.3 is 78.4 Å². The van der Waals surface area contributed by atoms with Crippen LogP contribution in [0.1, 0.15) is 142 Å². The van der Waals surface area contributed by atoms with E-state index in [4.69, 9.17) is 52.5 Å². The van der Waals surface area contributed by atoms with Crippen molar-refractivity contribution >= 4 is 173 Å². The number of rotatable bonds is 21. The number of phenolic OH excluding ortho intramolecular Hbond substituents is 3. The van der Waals surface area contributed by atoms with Crippen LogP contribution in [0.5, 0.6) is 51.7 Å². The van der Waals surface area contributed by atoms with Crippen LogP contribution in [0, 0.1) is 20.8 Å². The number of halogens is 3. The van der Waals surface area contributed by atoms with Crippen molar-refractivity contribution in [1.29, 1.82) is 0 Å². The second-order valence-corrected chi connectivity index (χ2v) is 34.4. The van der Waals surface area contributed by atoms with Crippen molar-refractivity contribution in [3.63, 3.8) is 0 Å². The van der Waals surface area contributed by atoms with Crippen LogP contribution in [0.4, 0.5) is 15.4 Å². The molecule has 3 aromatic heterocycles. The number of amides is 3. The molecular formula is C89H79Br3N6O26S3. The van der Waals surface area contributed by atoms with Gasteiger partial charge in [0, 0.05) is 42.9 Å². The number of anilines is 3. The maximum Gasteiger partial charge on any atom is 0.350 e. The van der Waals surface area contributed by atoms with Crippen molar-refractivity contribution < 1.29 is 126 Å². The predicted octanol–water partition coefficient (Wildman–Crippen LogP) is 15.8. The Morgan fingerprint density at radius 1 is 0.441 bits per heavy atom. The second-order valence-electron chi connectivity index (χ2n) is 28.9. The summed E-state index contributed by atoms with van der Waals surface area (Å²) in [7, 11) is 4.09. The molecule has 6 aliphatic rings. The fourth-order valence-corrected chi connectivity index (χ4v) is 18.9. The Morgan fingerprint density at radius 2 is 0.685 bits per heavy atom. The van der Waals surface area contributed by atoms with E-state index < -0.39 is 77.1 Å². The number of aliphatic hydroxyl groups is 3. The molecule has 6 aromatic carbocycles. The number of hydrogen-bond donors (Lipinski definition) is 7. The first-order valence-corrected chi connectivity index (χ1v) is 43.2. The number of nitrogens with zero attached hydrogens (tertiary/aromatic N) is 6. The van der Waals surface area contributed by atoms with Crippen molar-refractivity contribution in [3.8, 4) is 51.7 Å². The third-order valence-electron chi connectivity index (χ3n) is 20.1. The number of aryl methyl sites for hydroxylation is 3. The van der Waals surface area contributed by atoms with E-state index in [1.54, 1.807) is 75.4 Å². The third kappa shape index (κ3) is 18.8. The normalized spacial score (nSPS) is 18.8. The van der Waals surface area contributed by atoms with Gasteiger partial charge in [-0.1, -0.05) is 72.0 Å². The Balaban J connectivity index is 0.000000169. The molecule has 0 spiro atoms. The quantitative estimate of drug-likeness (QED) is 0.00877. The summed E-state index contributed by atoms with van der Waals surface area (Å²) in [6.45, 7) is 22.2. The number of thiazole rings is 3. The molecule has 6 aliphatic heterocycles. The number of hydrogen-bond acceptors (Lipinski definition) is 31. The summed E-state index contributed by atoms with van der Waals surface area (Å²) < 4.78 is 49.4. The van der Waals surface area contributed by atoms with Crippen LogP contribution in [0.25, 0.3) is 17.3 Å². The zero-order valence-corrected chi connectivity index (χ0v) is 76.4. The summed E-state index contributed by atoms with van der Waals surface area (Å²) in [5.41, 5.74) is 4.94. The Kier molecular flexibility index (Phi) is 28.5. The number of phenols is 3. The van der Waals surface area contributed by atoms with Crippen LogP contribution < -0.4 is 43.1 Å². The van der Waals surface area contributed by atoms with Gasteiger partial charge in [0.25, 0.3) is 23.3 Å². The maximum atomic E-state index is 13.6. The first-order valence-electron chi connectivity index (χ1n) is 38.4. The maximum absolute atomic E-state index is 13.6. The third-order valence-corrected chi connectivity index (χ3v) is 25.4. The Bertz CT molecular complexity index is 5630. The number of ether oxygens (including phenoxy) is 9. The molecule has 15 rings (SSSR count). The molecule has 9 aromatic rings. The molecular weight excluding hydrogens is 1900 g/mol. The fourth-order valence-electron chi connectivity index (χ4n) is 14.6. The number of carbonyl (C=O) groups is 10. The van der Waals surface area contributed by atoms with Gasteiger partial charge in [0.2, 0.25) is 0 Å². The minimum Gasteiger partial charge on any atom is -0.507 e. The number of esters is 3. The van der Waals surface area contributed by atoms with Gasteiger partial charge in [0.05, 0.1) is 86.7 Å². The highest BCUT2D eigenvalue weighted by Gasteiger charge is 2.53. The average Bonchev–Trinajstić information content (AvgIpc) is 1.59. The predicted molar refractivity (Wildman–Crippen MR) is 477 cm³/mol. The number of carbonyl (C=O) groups excluding carboxylic acids is 9. The molecule has 3 amide bonds. The number of Topliss-reactive ketones (excluding diaryl/α,β-unsaturated/α-hetero) is 3. The van der Waals surface area contributed by atoms with Gasteiger partial charge >= 0.3 is 35.6 Å². The van der Waals surface area contributed by atoms with E-state index in [-0.39, 0.29) is 150 Å². The first kappa shape index (κ1) is 93.2. The Morgan fingerprint density at radius 3 is 0.913 bits per heavy atom. The van der Waals surface area contributed by atoms with E-state index in [0.717, 1.165) is 72.3 Å². The van der Waals surface area contributed by atoms with E-state index in [0.29, 0.717) is 87.0 Å². The van der Waals surface area contributed by atoms with Gasteiger partial charge in [-0.2, -0.15) is 0 Å². The summed E-state index contributed by atoms with van der Waals surface area (Å²) >= 11 is 12.5. The van der Waals surface area contributed by atoms with Gasteiger partial charge in [0.1, 0.15) is 87.3 Å². The molecule has 7 N–H and O–H groups in total. The standard InChI is InChI=1S/3C29H25BrN2O8S.C2H4O2/c3*1-5-8-39-28(37)26-14(3)31-29(41-26)32-22(17-11-18(30)24(34)20(12-17)38-4)21(25(35)27(32)36)23(33)15-6-7-19-16(10-15)9-13(2)40-19;1-2(3)4/h3*5-7,10-13,22,33-34H,1,8-9H2,2-4H3;1H3,(H,3,4)/b3*23-21+;. The van der Waals surface area contributed by atoms with Crippen molar-refractivity contribution in [1.82, 2.24) is 15.0 Å². The highest BCUT2D eigenvalue weighted by molar-refractivity contribution is 9.11. The molecule has 0 saturated carbocycles. The van der Waals surface area contributed by atoms with Crippen LogP contribution in [0.2, 0.25) is 0 Å². The highest BCUT2D eigenvalue weighted by atomic mass is 79.9. The molecule has 6 unspecified atom stereocenters. The van der Waals surface area contributed by atoms with Gasteiger partial charge in [-0.25, -0.2) is 29.3 Å². The number of benzene rings is 6. The van der Waals surface area contributed by atoms with Crippen LogP contribution in [-0.4, -0.2) is 169 Å². The first-order chi connectivity index (χ1) is 60.4. The van der Waals surface area contributed by atoms with E-state index in [9.17, 15) is 73.8 Å². The summed E-state index contributed by atoms with van der Waals surface area (Å²) in [4.78, 5) is 145. The lowest BCUT2D eigenvalue weighted by Crippen LogP contribution is -2.29. The topological polar surface area (TPSA) is 444 Å². The van der Waals surface area contributed by atoms with Crippen molar-refractivity contribution in [3.05, 3.63) is 241 Å². The lowest BCUT2D eigenvalue weighted by molar-refractivity contribution is -0.134. The monoisotopic (exact) mass is 1980 g/mol. The number of aliphatic hydroxyl groups excluding tert-OH is 3. The average molecular weight is 1980 g/mol. The lowest BCUT2D eigenvalue weighted by Gasteiger charge is -2.24. The molecule has 38 heteroatoms. The smallest absolute Gasteiger partial charge is 0.350 e. The van der Waals surface area contributed by atoms with Crippen LogP contribution in [-0.2, 0) is 67.0 Å². The molecule has 0 aliphatic carbocycles. The van der Waals surface area contributed by atoms with Crippen molar-refractivity contribution in [2.45, 2.75) is 104 Å². The Hall–Kier alpha value is -13.0. The van der Waals surface area contributed by atoms with Gasteiger partial charge in [-0.05, 0) is 214 Å². The number of carboxylic acid groups (broad SMARTS) is 1. The zero-order chi connectivity index (χ0) is 92.3. The number of methoxy groups -OCH3 is 3. The number of ketones is 3. The largest absolute Gasteiger partial charge is 0.507 e. The summed E-state index contributed by atoms with van der Waals surface area (Å²) in [6.07, 6.45) is 6.06. The van der Waals surface area contributed by atoms with Crippen LogP contribution in [0.3, 0.4) is 0 Å². The fraction of sp³-hybridized carbons (Fsp3) is 0.247. The molecule has 3 fully saturated rings. The van der Waals surface area contributed by atoms with Gasteiger partial charge in [-0.15, -0.1) is 0 Å². The summed E-state index contributed by atoms with van der Waals surface area (Å²) in [5, 5.41) is 73.5. The Labute approximate surface area is 761 Å². The molecule has 660 valence electrons. The number of aromatic hydroxyl groups is 3. The van der Waals surface area contributed by atoms with Crippen molar-refractivity contribution in [2.24, 2.45) is 0 Å². The van der Waals surface area contributed by atoms with E-state index >= 15 is 0 Å². The van der Waals surface area contributed by atoms with Gasteiger partial charge in [-0.3, -0.25) is 48.3 Å². The minimum atomic E-state index is -1.17. The van der Waals surface area contributed by atoms with E-state index in [2.05, 4.69) is 82.5 Å². The molecule has 32 nitrogen and oxygen atoms in total. The summed E-state index contributed by atoms with van der Waals surface area (Å²) in [6, 6.07) is 20.6. The van der Waals surface area contributed by atoms with Crippen molar-refractivity contribution in [2.75, 3.05) is 55.8 Å². The van der Waals surface area contributed by atoms with E-state index in [1.807, 2.05) is 20.8 Å². The number of aromatic nitrogens is 3. The second kappa shape index (κ2) is 38.8. The SMILES string of the molecule is C=CCOC(=O)c1sc(N2C(=O)C(=O)/C(=C(/O)c3ccc4c(c3)CC(C)O4)C2c2cc(Br)c(O)c(OC)c2)nc1C.C=CCOC(=O)c1sc(N2C(=O)C(=O)/C(=C(/O)c3ccc4c(c3)CC(C)O4)C2c2cc(Br)c(O)c(OC)c2)nc1C.C=CCOC(=O)c1sc(N2C(=O)C(=O)/C(=C(/O)c3ccc4c(c3)CC(C)O4)C2c2cc(Br)c(O)c(OC)c2)nc1C.CC(=O)O. The van der Waals surface area contributed by atoms with Gasteiger partial charge in [0.15, 0.2) is 49.9 Å². The minimum absolute atomic E-state index is 0.0120. The van der Waals surface area contributed by atoms with Crippen LogP contribution >= 0.6 is 81.8 Å². The number of carboxylic acids is 1. The lowest BCUT2D eigenvalue weighted by atomic mass is 9.94.